The van der Waals surface area contributed by atoms with Gasteiger partial charge in [-0.25, -0.2) is 0 Å². The highest BCUT2D eigenvalue weighted by Gasteiger charge is 2.28. The fourth-order valence-electron chi connectivity index (χ4n) is 1.79. The molecule has 0 spiro atoms. The van der Waals surface area contributed by atoms with Gasteiger partial charge in [0.15, 0.2) is 6.61 Å². The molecule has 0 radical (unpaired) electrons. The van der Waals surface area contributed by atoms with Crippen LogP contribution in [0.5, 0.6) is 5.75 Å². The van der Waals surface area contributed by atoms with Crippen LogP contribution in [0.15, 0.2) is 36.8 Å². The van der Waals surface area contributed by atoms with Crippen molar-refractivity contribution < 1.29 is 22.7 Å². The third kappa shape index (κ3) is 5.24. The number of hydrogen-bond donors (Lipinski definition) is 1. The summed E-state index contributed by atoms with van der Waals surface area (Å²) >= 11 is 0. The summed E-state index contributed by atoms with van der Waals surface area (Å²) in [6.07, 6.45) is -0.174. The first kappa shape index (κ1) is 16.7. The number of aryl methyl sites for hydroxylation is 1. The number of nitrogens with one attached hydrogen (secondary N) is 1. The molecule has 0 aliphatic rings. The van der Waals surface area contributed by atoms with Crippen molar-refractivity contribution in [2.24, 2.45) is 0 Å². The standard InChI is InChI=1S/C15H14F3N3O2/c1-10-6-12(20-8-13(10)23-9-15(16,17)18)7-21-14(22)11-2-4-19-5-3-11/h2-6,8H,7,9H2,1H3,(H,21,22). The molecule has 23 heavy (non-hydrogen) atoms. The van der Waals surface area contributed by atoms with E-state index in [1.54, 1.807) is 25.1 Å². The predicted octanol–water partition coefficient (Wildman–Crippen LogP) is 2.66. The van der Waals surface area contributed by atoms with Crippen LogP contribution in [0.4, 0.5) is 13.2 Å². The van der Waals surface area contributed by atoms with Crippen molar-refractivity contribution in [3.63, 3.8) is 0 Å². The molecule has 0 unspecified atom stereocenters. The second-order valence-electron chi connectivity index (χ2n) is 4.76. The Morgan fingerprint density at radius 3 is 2.61 bits per heavy atom. The van der Waals surface area contributed by atoms with Crippen molar-refractivity contribution in [3.8, 4) is 5.75 Å². The van der Waals surface area contributed by atoms with Crippen LogP contribution in [0.3, 0.4) is 0 Å². The molecule has 1 amide bonds. The number of amides is 1. The Bertz CT molecular complexity index is 675. The summed E-state index contributed by atoms with van der Waals surface area (Å²) < 4.78 is 41.0. The summed E-state index contributed by atoms with van der Waals surface area (Å²) in [5, 5.41) is 2.67. The molecular formula is C15H14F3N3O2. The van der Waals surface area contributed by atoms with E-state index in [1.807, 2.05) is 0 Å². The van der Waals surface area contributed by atoms with Gasteiger partial charge in [0, 0.05) is 18.0 Å². The Hall–Kier alpha value is -2.64. The number of aromatic nitrogens is 2. The maximum atomic E-state index is 12.1. The third-order valence-corrected chi connectivity index (χ3v) is 2.88. The van der Waals surface area contributed by atoms with E-state index in [4.69, 9.17) is 0 Å². The van der Waals surface area contributed by atoms with Crippen LogP contribution in [0, 0.1) is 6.92 Å². The van der Waals surface area contributed by atoms with Crippen molar-refractivity contribution in [2.75, 3.05) is 6.61 Å². The molecule has 0 aliphatic heterocycles. The fourth-order valence-corrected chi connectivity index (χ4v) is 1.79. The number of pyridine rings is 2. The van der Waals surface area contributed by atoms with E-state index in [0.29, 0.717) is 16.8 Å². The Morgan fingerprint density at radius 1 is 1.30 bits per heavy atom. The van der Waals surface area contributed by atoms with Crippen LogP contribution in [0.25, 0.3) is 0 Å². The molecule has 122 valence electrons. The minimum Gasteiger partial charge on any atom is -0.482 e. The molecule has 2 heterocycles. The predicted molar refractivity (Wildman–Crippen MR) is 75.9 cm³/mol. The molecule has 0 aromatic carbocycles. The summed E-state index contributed by atoms with van der Waals surface area (Å²) in [6.45, 7) is 0.400. The monoisotopic (exact) mass is 325 g/mol. The van der Waals surface area contributed by atoms with E-state index >= 15 is 0 Å². The highest BCUT2D eigenvalue weighted by molar-refractivity contribution is 5.93. The summed E-state index contributed by atoms with van der Waals surface area (Å²) in [5.74, 6) is -0.226. The van der Waals surface area contributed by atoms with Crippen LogP contribution in [-0.4, -0.2) is 28.7 Å². The summed E-state index contributed by atoms with van der Waals surface area (Å²) in [7, 11) is 0. The lowest BCUT2D eigenvalue weighted by atomic mass is 10.2. The number of hydrogen-bond acceptors (Lipinski definition) is 4. The van der Waals surface area contributed by atoms with Crippen LogP contribution in [0.2, 0.25) is 0 Å². The Balaban J connectivity index is 1.94. The molecule has 0 atom stereocenters. The zero-order chi connectivity index (χ0) is 16.9. The molecule has 0 saturated heterocycles. The highest BCUT2D eigenvalue weighted by atomic mass is 19.4. The van der Waals surface area contributed by atoms with Gasteiger partial charge in [-0.2, -0.15) is 13.2 Å². The van der Waals surface area contributed by atoms with E-state index in [-0.39, 0.29) is 18.2 Å². The largest absolute Gasteiger partial charge is 0.482 e. The smallest absolute Gasteiger partial charge is 0.422 e. The van der Waals surface area contributed by atoms with Gasteiger partial charge in [0.25, 0.3) is 5.91 Å². The first-order valence-electron chi connectivity index (χ1n) is 6.68. The highest BCUT2D eigenvalue weighted by Crippen LogP contribution is 2.21. The van der Waals surface area contributed by atoms with E-state index in [9.17, 15) is 18.0 Å². The number of rotatable bonds is 5. The molecule has 0 fully saturated rings. The van der Waals surface area contributed by atoms with E-state index in [1.165, 1.54) is 18.6 Å². The molecule has 2 aromatic heterocycles. The molecular weight excluding hydrogens is 311 g/mol. The molecule has 0 bridgehead atoms. The van der Waals surface area contributed by atoms with Crippen LogP contribution >= 0.6 is 0 Å². The number of alkyl halides is 3. The lowest BCUT2D eigenvalue weighted by molar-refractivity contribution is -0.153. The van der Waals surface area contributed by atoms with Crippen molar-refractivity contribution in [2.45, 2.75) is 19.6 Å². The average Bonchev–Trinajstić information content (AvgIpc) is 2.51. The fraction of sp³-hybridized carbons (Fsp3) is 0.267. The number of ether oxygens (including phenoxy) is 1. The Labute approximate surface area is 130 Å². The summed E-state index contributed by atoms with van der Waals surface area (Å²) in [4.78, 5) is 19.7. The molecule has 0 aliphatic carbocycles. The number of nitrogens with zero attached hydrogens (tertiary/aromatic N) is 2. The average molecular weight is 325 g/mol. The third-order valence-electron chi connectivity index (χ3n) is 2.88. The number of carbonyl (C=O) groups excluding carboxylic acids is 1. The lowest BCUT2D eigenvalue weighted by Gasteiger charge is -2.12. The van der Waals surface area contributed by atoms with Gasteiger partial charge in [0.05, 0.1) is 18.4 Å². The van der Waals surface area contributed by atoms with Crippen molar-refractivity contribution in [1.29, 1.82) is 0 Å². The molecule has 2 aromatic rings. The Kier molecular flexibility index (Phi) is 5.15. The molecule has 1 N–H and O–H groups in total. The topological polar surface area (TPSA) is 64.1 Å². The Morgan fingerprint density at radius 2 is 2.00 bits per heavy atom. The number of carbonyl (C=O) groups is 1. The van der Waals surface area contributed by atoms with Gasteiger partial charge in [0.1, 0.15) is 5.75 Å². The van der Waals surface area contributed by atoms with Crippen molar-refractivity contribution in [3.05, 3.63) is 53.6 Å². The molecule has 5 nitrogen and oxygen atoms in total. The summed E-state index contributed by atoms with van der Waals surface area (Å²) in [6, 6.07) is 4.71. The normalized spacial score (nSPS) is 11.1. The van der Waals surface area contributed by atoms with Gasteiger partial charge < -0.3 is 10.1 Å². The number of halogens is 3. The van der Waals surface area contributed by atoms with Crippen LogP contribution in [-0.2, 0) is 6.54 Å². The van der Waals surface area contributed by atoms with Crippen molar-refractivity contribution in [1.82, 2.24) is 15.3 Å². The minimum absolute atomic E-state index is 0.0616. The second kappa shape index (κ2) is 7.08. The van der Waals surface area contributed by atoms with Crippen molar-refractivity contribution >= 4 is 5.91 Å². The molecule has 2 rings (SSSR count). The van der Waals surface area contributed by atoms with E-state index in [0.717, 1.165) is 0 Å². The molecule has 8 heteroatoms. The first-order chi connectivity index (χ1) is 10.8. The van der Waals surface area contributed by atoms with Gasteiger partial charge in [-0.05, 0) is 30.7 Å². The SMILES string of the molecule is Cc1cc(CNC(=O)c2ccncc2)ncc1OCC(F)(F)F. The minimum atomic E-state index is -4.40. The zero-order valence-corrected chi connectivity index (χ0v) is 12.2. The maximum absolute atomic E-state index is 12.1. The summed E-state index contributed by atoms with van der Waals surface area (Å²) in [5.41, 5.74) is 1.49. The zero-order valence-electron chi connectivity index (χ0n) is 12.2. The van der Waals surface area contributed by atoms with E-state index in [2.05, 4.69) is 20.0 Å². The quantitative estimate of drug-likeness (QED) is 0.918. The van der Waals surface area contributed by atoms with E-state index < -0.39 is 12.8 Å². The first-order valence-corrected chi connectivity index (χ1v) is 6.68. The maximum Gasteiger partial charge on any atom is 0.422 e. The lowest BCUT2D eigenvalue weighted by Crippen LogP contribution is -2.23. The molecule has 0 saturated carbocycles. The van der Waals surface area contributed by atoms with Gasteiger partial charge >= 0.3 is 6.18 Å². The van der Waals surface area contributed by atoms with Crippen LogP contribution < -0.4 is 10.1 Å². The second-order valence-corrected chi connectivity index (χ2v) is 4.76. The van der Waals surface area contributed by atoms with Crippen LogP contribution in [0.1, 0.15) is 21.6 Å². The van der Waals surface area contributed by atoms with Gasteiger partial charge in [-0.15, -0.1) is 0 Å². The van der Waals surface area contributed by atoms with Gasteiger partial charge in [-0.1, -0.05) is 0 Å². The van der Waals surface area contributed by atoms with Gasteiger partial charge in [-0.3, -0.25) is 14.8 Å². The van der Waals surface area contributed by atoms with Gasteiger partial charge in [0.2, 0.25) is 0 Å².